The zero-order valence-corrected chi connectivity index (χ0v) is 12.7. The third kappa shape index (κ3) is 5.56. The van der Waals surface area contributed by atoms with Crippen molar-refractivity contribution in [3.8, 4) is 5.75 Å². The minimum absolute atomic E-state index is 0.0257. The number of non-ortho nitro benzene ring substituents is 1. The first-order chi connectivity index (χ1) is 9.42. The molecule has 0 amide bonds. The zero-order valence-electron chi connectivity index (χ0n) is 11.9. The summed E-state index contributed by atoms with van der Waals surface area (Å²) in [7, 11) is -0.857. The fraction of sp³-hybridized carbons (Fsp3) is 0.538. The first kappa shape index (κ1) is 16.4. The Morgan fingerprint density at radius 2 is 2.10 bits per heavy atom. The van der Waals surface area contributed by atoms with E-state index in [0.717, 1.165) is 0 Å². The molecular formula is C13H20N2O4S. The molecule has 7 heteroatoms. The van der Waals surface area contributed by atoms with Crippen molar-refractivity contribution in [2.45, 2.75) is 26.9 Å². The molecule has 0 aliphatic carbocycles. The van der Waals surface area contributed by atoms with E-state index in [1.807, 2.05) is 20.8 Å². The maximum atomic E-state index is 11.3. The minimum atomic E-state index is -0.857. The van der Waals surface area contributed by atoms with Gasteiger partial charge >= 0.3 is 0 Å². The van der Waals surface area contributed by atoms with Crippen LogP contribution >= 0.6 is 0 Å². The average molecular weight is 300 g/mol. The molecule has 112 valence electrons. The summed E-state index contributed by atoms with van der Waals surface area (Å²) in [5.41, 5.74) is 0.574. The van der Waals surface area contributed by atoms with Gasteiger partial charge in [0.2, 0.25) is 0 Å². The molecule has 1 N–H and O–H groups in total. The summed E-state index contributed by atoms with van der Waals surface area (Å²) >= 11 is 0. The van der Waals surface area contributed by atoms with E-state index in [9.17, 15) is 14.3 Å². The van der Waals surface area contributed by atoms with Crippen molar-refractivity contribution in [3.63, 3.8) is 0 Å². The van der Waals surface area contributed by atoms with Gasteiger partial charge in [0.1, 0.15) is 5.75 Å². The van der Waals surface area contributed by atoms with E-state index in [0.29, 0.717) is 29.5 Å². The van der Waals surface area contributed by atoms with E-state index in [1.165, 1.54) is 12.1 Å². The number of nitro benzene ring substituents is 1. The van der Waals surface area contributed by atoms with Crippen LogP contribution in [0.25, 0.3) is 0 Å². The fourth-order valence-electron chi connectivity index (χ4n) is 1.58. The Morgan fingerprint density at radius 3 is 2.65 bits per heavy atom. The van der Waals surface area contributed by atoms with E-state index in [4.69, 9.17) is 4.74 Å². The number of hydrogen-bond acceptors (Lipinski definition) is 5. The third-order valence-electron chi connectivity index (χ3n) is 2.45. The highest BCUT2D eigenvalue weighted by atomic mass is 32.2. The van der Waals surface area contributed by atoms with Crippen molar-refractivity contribution in [3.05, 3.63) is 28.3 Å². The molecule has 0 saturated heterocycles. The Hall–Kier alpha value is -1.63. The zero-order chi connectivity index (χ0) is 15.1. The molecule has 0 bridgehead atoms. The predicted octanol–water partition coefficient (Wildman–Crippen LogP) is 2.56. The molecule has 0 aliphatic rings. The number of hydrogen-bond donors (Lipinski definition) is 1. The molecule has 0 spiro atoms. The smallest absolute Gasteiger partial charge is 0.275 e. The summed E-state index contributed by atoms with van der Waals surface area (Å²) in [5, 5.41) is 13.9. The maximum Gasteiger partial charge on any atom is 0.275 e. The molecule has 1 aromatic rings. The molecule has 0 aromatic heterocycles. The van der Waals surface area contributed by atoms with Gasteiger partial charge in [-0.25, -0.2) is 0 Å². The van der Waals surface area contributed by atoms with Gasteiger partial charge in [-0.2, -0.15) is 0 Å². The normalized spacial score (nSPS) is 12.2. The number of nitrogens with one attached hydrogen (secondary N) is 1. The van der Waals surface area contributed by atoms with Gasteiger partial charge in [0.05, 0.1) is 17.1 Å². The second-order valence-electron chi connectivity index (χ2n) is 4.50. The van der Waals surface area contributed by atoms with Gasteiger partial charge in [0.25, 0.3) is 5.69 Å². The van der Waals surface area contributed by atoms with E-state index in [2.05, 4.69) is 5.32 Å². The van der Waals surface area contributed by atoms with Crippen LogP contribution in [-0.4, -0.2) is 33.3 Å². The molecule has 20 heavy (non-hydrogen) atoms. The van der Waals surface area contributed by atoms with Crippen LogP contribution < -0.4 is 10.1 Å². The molecule has 0 saturated carbocycles. The van der Waals surface area contributed by atoms with Crippen molar-refractivity contribution in [1.29, 1.82) is 0 Å². The summed E-state index contributed by atoms with van der Waals surface area (Å²) < 4.78 is 16.8. The standard InChI is InChI=1S/C13H20N2O4S/c1-4-20(18)6-5-14-11-7-12(15(16)17)9-13(8-11)19-10(2)3/h7-10,14H,4-6H2,1-3H3. The van der Waals surface area contributed by atoms with Crippen LogP contribution in [-0.2, 0) is 10.8 Å². The summed E-state index contributed by atoms with van der Waals surface area (Å²) in [6.45, 7) is 6.08. The molecule has 1 unspecified atom stereocenters. The highest BCUT2D eigenvalue weighted by molar-refractivity contribution is 7.84. The van der Waals surface area contributed by atoms with E-state index in [1.54, 1.807) is 6.07 Å². The van der Waals surface area contributed by atoms with Crippen LogP contribution in [0, 0.1) is 10.1 Å². The topological polar surface area (TPSA) is 81.5 Å². The molecule has 0 aliphatic heterocycles. The number of anilines is 1. The molecule has 6 nitrogen and oxygen atoms in total. The number of ether oxygens (including phenoxy) is 1. The van der Waals surface area contributed by atoms with Crippen molar-refractivity contribution in [2.24, 2.45) is 0 Å². The van der Waals surface area contributed by atoms with Crippen LogP contribution in [0.4, 0.5) is 11.4 Å². The molecule has 0 heterocycles. The molecule has 1 rings (SSSR count). The average Bonchev–Trinajstić information content (AvgIpc) is 2.37. The van der Waals surface area contributed by atoms with Crippen LogP contribution in [0.5, 0.6) is 5.75 Å². The quantitative estimate of drug-likeness (QED) is 0.589. The summed E-state index contributed by atoms with van der Waals surface area (Å²) in [5.74, 6) is 1.58. The monoisotopic (exact) mass is 300 g/mol. The van der Waals surface area contributed by atoms with Gasteiger partial charge in [-0.3, -0.25) is 14.3 Å². The van der Waals surface area contributed by atoms with Gasteiger partial charge < -0.3 is 10.1 Å². The molecule has 1 aromatic carbocycles. The van der Waals surface area contributed by atoms with Gasteiger partial charge in [-0.1, -0.05) is 6.92 Å². The lowest BCUT2D eigenvalue weighted by molar-refractivity contribution is -0.384. The SMILES string of the molecule is CCS(=O)CCNc1cc(OC(C)C)cc([N+](=O)[O-])c1. The molecule has 0 radical (unpaired) electrons. The van der Waals surface area contributed by atoms with E-state index < -0.39 is 15.7 Å². The first-order valence-electron chi connectivity index (χ1n) is 6.47. The first-order valence-corrected chi connectivity index (χ1v) is 7.96. The Bertz CT molecular complexity index is 491. The Balaban J connectivity index is 2.80. The van der Waals surface area contributed by atoms with Crippen molar-refractivity contribution in [2.75, 3.05) is 23.4 Å². The van der Waals surface area contributed by atoms with Crippen LogP contribution in [0.1, 0.15) is 20.8 Å². The van der Waals surface area contributed by atoms with Gasteiger partial charge in [0, 0.05) is 46.7 Å². The Kier molecular flexibility index (Phi) is 6.44. The lowest BCUT2D eigenvalue weighted by atomic mass is 10.2. The van der Waals surface area contributed by atoms with Crippen LogP contribution in [0.3, 0.4) is 0 Å². The highest BCUT2D eigenvalue weighted by Gasteiger charge is 2.11. The van der Waals surface area contributed by atoms with Crippen molar-refractivity contribution < 1.29 is 13.9 Å². The molecule has 1 atom stereocenters. The maximum absolute atomic E-state index is 11.3. The number of nitrogens with zero attached hydrogens (tertiary/aromatic N) is 1. The van der Waals surface area contributed by atoms with Gasteiger partial charge in [-0.15, -0.1) is 0 Å². The highest BCUT2D eigenvalue weighted by Crippen LogP contribution is 2.26. The second-order valence-corrected chi connectivity index (χ2v) is 6.36. The number of benzene rings is 1. The number of rotatable bonds is 8. The van der Waals surface area contributed by atoms with Crippen molar-refractivity contribution >= 4 is 22.2 Å². The number of nitro groups is 1. The van der Waals surface area contributed by atoms with Gasteiger partial charge in [0.15, 0.2) is 0 Å². The third-order valence-corrected chi connectivity index (χ3v) is 3.76. The fourth-order valence-corrected chi connectivity index (χ4v) is 2.20. The van der Waals surface area contributed by atoms with Crippen molar-refractivity contribution in [1.82, 2.24) is 0 Å². The second kappa shape index (κ2) is 7.84. The lowest BCUT2D eigenvalue weighted by Gasteiger charge is -2.12. The molecular weight excluding hydrogens is 280 g/mol. The van der Waals surface area contributed by atoms with Crippen LogP contribution in [0.15, 0.2) is 18.2 Å². The lowest BCUT2D eigenvalue weighted by Crippen LogP contribution is -2.12. The van der Waals surface area contributed by atoms with Gasteiger partial charge in [-0.05, 0) is 13.8 Å². The van der Waals surface area contributed by atoms with E-state index in [-0.39, 0.29) is 11.8 Å². The Morgan fingerprint density at radius 1 is 1.40 bits per heavy atom. The molecule has 0 fully saturated rings. The predicted molar refractivity (Wildman–Crippen MR) is 80.9 cm³/mol. The summed E-state index contributed by atoms with van der Waals surface area (Å²) in [6, 6.07) is 4.55. The van der Waals surface area contributed by atoms with E-state index >= 15 is 0 Å². The largest absolute Gasteiger partial charge is 0.491 e. The Labute approximate surface area is 121 Å². The van der Waals surface area contributed by atoms with Crippen LogP contribution in [0.2, 0.25) is 0 Å². The summed E-state index contributed by atoms with van der Waals surface area (Å²) in [6.07, 6.45) is -0.0579. The minimum Gasteiger partial charge on any atom is -0.491 e. The summed E-state index contributed by atoms with van der Waals surface area (Å²) in [4.78, 5) is 10.4.